The molecule has 3 unspecified atom stereocenters. The van der Waals surface area contributed by atoms with Gasteiger partial charge in [-0.1, -0.05) is 6.42 Å². The van der Waals surface area contributed by atoms with Gasteiger partial charge in [0.1, 0.15) is 0 Å². The van der Waals surface area contributed by atoms with E-state index in [-0.39, 0.29) is 12.0 Å². The molecule has 2 fully saturated rings. The zero-order valence-electron chi connectivity index (χ0n) is 11.1. The number of amides is 1. The van der Waals surface area contributed by atoms with Crippen molar-refractivity contribution >= 4 is 5.91 Å². The van der Waals surface area contributed by atoms with Crippen molar-refractivity contribution in [2.75, 3.05) is 27.2 Å². The molecule has 0 spiro atoms. The quantitative estimate of drug-likeness (QED) is 0.770. The molecule has 0 aromatic rings. The van der Waals surface area contributed by atoms with Crippen LogP contribution >= 0.6 is 0 Å². The molecule has 2 rings (SSSR count). The summed E-state index contributed by atoms with van der Waals surface area (Å²) in [7, 11) is 4.18. The Morgan fingerprint density at radius 2 is 2.06 bits per heavy atom. The first-order valence-corrected chi connectivity index (χ1v) is 6.78. The van der Waals surface area contributed by atoms with Crippen molar-refractivity contribution < 1.29 is 4.79 Å². The largest absolute Gasteiger partial charge is 0.341 e. The van der Waals surface area contributed by atoms with E-state index in [1.54, 1.807) is 0 Å². The highest BCUT2D eigenvalue weighted by Gasteiger charge is 2.33. The van der Waals surface area contributed by atoms with Gasteiger partial charge in [-0.2, -0.15) is 0 Å². The van der Waals surface area contributed by atoms with Crippen molar-refractivity contribution in [2.45, 2.75) is 44.2 Å². The van der Waals surface area contributed by atoms with E-state index < -0.39 is 0 Å². The molecule has 3 atom stereocenters. The molecule has 98 valence electrons. The van der Waals surface area contributed by atoms with Gasteiger partial charge in [0.15, 0.2) is 0 Å². The van der Waals surface area contributed by atoms with Crippen molar-refractivity contribution in [1.29, 1.82) is 0 Å². The third-order valence-corrected chi connectivity index (χ3v) is 4.27. The average molecular weight is 239 g/mol. The Morgan fingerprint density at radius 1 is 1.29 bits per heavy atom. The number of carbonyl (C=O) groups is 1. The van der Waals surface area contributed by atoms with Gasteiger partial charge in [0.05, 0.1) is 0 Å². The van der Waals surface area contributed by atoms with Gasteiger partial charge in [0.25, 0.3) is 0 Å². The Morgan fingerprint density at radius 3 is 2.65 bits per heavy atom. The lowest BCUT2D eigenvalue weighted by atomic mass is 9.85. The minimum absolute atomic E-state index is 0.194. The van der Waals surface area contributed by atoms with Crippen LogP contribution in [0.2, 0.25) is 0 Å². The van der Waals surface area contributed by atoms with Crippen molar-refractivity contribution in [2.24, 2.45) is 11.7 Å². The topological polar surface area (TPSA) is 49.6 Å². The fourth-order valence-electron chi connectivity index (χ4n) is 3.07. The molecular formula is C13H25N3O. The second-order valence-electron chi connectivity index (χ2n) is 5.81. The van der Waals surface area contributed by atoms with Gasteiger partial charge in [-0.25, -0.2) is 0 Å². The maximum absolute atomic E-state index is 12.4. The maximum Gasteiger partial charge on any atom is 0.225 e. The van der Waals surface area contributed by atoms with E-state index in [2.05, 4.69) is 19.0 Å². The summed E-state index contributed by atoms with van der Waals surface area (Å²) in [5.74, 6) is 0.546. The molecule has 0 aromatic heterocycles. The van der Waals surface area contributed by atoms with Gasteiger partial charge >= 0.3 is 0 Å². The minimum Gasteiger partial charge on any atom is -0.341 e. The van der Waals surface area contributed by atoms with Gasteiger partial charge in [0.2, 0.25) is 5.91 Å². The smallest absolute Gasteiger partial charge is 0.225 e. The van der Waals surface area contributed by atoms with Crippen molar-refractivity contribution in [3.8, 4) is 0 Å². The second kappa shape index (κ2) is 5.36. The molecule has 0 aromatic carbocycles. The lowest BCUT2D eigenvalue weighted by molar-refractivity contribution is -0.135. The standard InChI is InChI=1S/C13H25N3O/c1-15(2)12-6-7-16(9-12)13(17)10-4-3-5-11(14)8-10/h10-12H,3-9,14H2,1-2H3. The molecule has 4 nitrogen and oxygen atoms in total. The number of nitrogens with two attached hydrogens (primary N) is 1. The predicted octanol–water partition coefficient (Wildman–Crippen LogP) is 0.666. The Hall–Kier alpha value is -0.610. The highest BCUT2D eigenvalue weighted by Crippen LogP contribution is 2.26. The highest BCUT2D eigenvalue weighted by atomic mass is 16.2. The first-order chi connectivity index (χ1) is 8.08. The molecule has 2 N–H and O–H groups in total. The van der Waals surface area contributed by atoms with Crippen LogP contribution in [0.4, 0.5) is 0 Å². The lowest BCUT2D eigenvalue weighted by Gasteiger charge is -2.29. The van der Waals surface area contributed by atoms with Crippen LogP contribution in [0.3, 0.4) is 0 Å². The first kappa shape index (κ1) is 12.8. The van der Waals surface area contributed by atoms with Crippen LogP contribution in [0, 0.1) is 5.92 Å². The molecule has 1 saturated carbocycles. The SMILES string of the molecule is CN(C)C1CCN(C(=O)C2CCCC(N)C2)C1. The normalized spacial score (nSPS) is 34.4. The Labute approximate surface area is 104 Å². The summed E-state index contributed by atoms with van der Waals surface area (Å²) in [5, 5.41) is 0. The summed E-state index contributed by atoms with van der Waals surface area (Å²) < 4.78 is 0. The minimum atomic E-state index is 0.194. The molecule has 2 aliphatic rings. The highest BCUT2D eigenvalue weighted by molar-refractivity contribution is 5.79. The summed E-state index contributed by atoms with van der Waals surface area (Å²) in [6.45, 7) is 1.82. The predicted molar refractivity (Wildman–Crippen MR) is 68.6 cm³/mol. The summed E-state index contributed by atoms with van der Waals surface area (Å²) in [5.41, 5.74) is 5.96. The number of likely N-dealkylation sites (tertiary alicyclic amines) is 1. The zero-order valence-corrected chi connectivity index (χ0v) is 11.1. The molecule has 1 aliphatic carbocycles. The summed E-state index contributed by atoms with van der Waals surface area (Å²) >= 11 is 0. The Bertz CT molecular complexity index is 280. The van der Waals surface area contributed by atoms with Crippen molar-refractivity contribution in [3.63, 3.8) is 0 Å². The third-order valence-electron chi connectivity index (χ3n) is 4.27. The van der Waals surface area contributed by atoms with E-state index in [1.165, 1.54) is 0 Å². The number of rotatable bonds is 2. The van der Waals surface area contributed by atoms with Crippen LogP contribution < -0.4 is 5.73 Å². The zero-order chi connectivity index (χ0) is 12.4. The van der Waals surface area contributed by atoms with Crippen LogP contribution in [0.5, 0.6) is 0 Å². The van der Waals surface area contributed by atoms with E-state index in [0.717, 1.165) is 45.2 Å². The fourth-order valence-corrected chi connectivity index (χ4v) is 3.07. The van der Waals surface area contributed by atoms with E-state index in [0.29, 0.717) is 11.9 Å². The molecule has 0 bridgehead atoms. The molecule has 4 heteroatoms. The van der Waals surface area contributed by atoms with E-state index in [4.69, 9.17) is 5.73 Å². The molecular weight excluding hydrogens is 214 g/mol. The lowest BCUT2D eigenvalue weighted by Crippen LogP contribution is -2.41. The molecule has 1 saturated heterocycles. The van der Waals surface area contributed by atoms with E-state index in [9.17, 15) is 4.79 Å². The Balaban J connectivity index is 1.88. The monoisotopic (exact) mass is 239 g/mol. The maximum atomic E-state index is 12.4. The molecule has 17 heavy (non-hydrogen) atoms. The van der Waals surface area contributed by atoms with Gasteiger partial charge < -0.3 is 15.5 Å². The van der Waals surface area contributed by atoms with E-state index >= 15 is 0 Å². The first-order valence-electron chi connectivity index (χ1n) is 6.78. The van der Waals surface area contributed by atoms with Crippen LogP contribution in [-0.2, 0) is 4.79 Å². The van der Waals surface area contributed by atoms with Crippen molar-refractivity contribution in [3.05, 3.63) is 0 Å². The number of hydrogen-bond acceptors (Lipinski definition) is 3. The Kier molecular flexibility index (Phi) is 4.05. The van der Waals surface area contributed by atoms with Crippen LogP contribution in [0.1, 0.15) is 32.1 Å². The van der Waals surface area contributed by atoms with Crippen molar-refractivity contribution in [1.82, 2.24) is 9.80 Å². The molecule has 1 aliphatic heterocycles. The molecule has 0 radical (unpaired) electrons. The molecule has 1 amide bonds. The van der Waals surface area contributed by atoms with Crippen LogP contribution in [0.25, 0.3) is 0 Å². The fraction of sp³-hybridized carbons (Fsp3) is 0.923. The summed E-state index contributed by atoms with van der Waals surface area (Å²) in [4.78, 5) is 16.6. The van der Waals surface area contributed by atoms with Crippen LogP contribution in [-0.4, -0.2) is 55.0 Å². The van der Waals surface area contributed by atoms with E-state index in [1.807, 2.05) is 4.90 Å². The number of carbonyl (C=O) groups excluding carboxylic acids is 1. The number of nitrogens with zero attached hydrogens (tertiary/aromatic N) is 2. The number of likely N-dealkylation sites (N-methyl/N-ethyl adjacent to an activating group) is 1. The van der Waals surface area contributed by atoms with Gasteiger partial charge in [-0.15, -0.1) is 0 Å². The third kappa shape index (κ3) is 2.99. The second-order valence-corrected chi connectivity index (χ2v) is 5.81. The average Bonchev–Trinajstić information content (AvgIpc) is 2.77. The summed E-state index contributed by atoms with van der Waals surface area (Å²) in [6.07, 6.45) is 5.24. The summed E-state index contributed by atoms with van der Waals surface area (Å²) in [6, 6.07) is 0.779. The van der Waals surface area contributed by atoms with Gasteiger partial charge in [-0.05, 0) is 39.8 Å². The number of hydrogen-bond donors (Lipinski definition) is 1. The molecule has 1 heterocycles. The van der Waals surface area contributed by atoms with Crippen LogP contribution in [0.15, 0.2) is 0 Å². The van der Waals surface area contributed by atoms with Gasteiger partial charge in [-0.3, -0.25) is 4.79 Å². The van der Waals surface area contributed by atoms with Gasteiger partial charge in [0, 0.05) is 31.1 Å².